The van der Waals surface area contributed by atoms with Crippen molar-refractivity contribution < 1.29 is 5.11 Å². The molecule has 3 heteroatoms. The number of nitrogens with zero attached hydrogens (tertiary/aromatic N) is 1. The zero-order valence-electron chi connectivity index (χ0n) is 10.5. The molecule has 0 bridgehead atoms. The van der Waals surface area contributed by atoms with E-state index in [-0.39, 0.29) is 6.10 Å². The molecule has 2 aliphatic rings. The third-order valence-corrected chi connectivity index (χ3v) is 4.17. The largest absolute Gasteiger partial charge is 0.393 e. The van der Waals surface area contributed by atoms with E-state index < -0.39 is 0 Å². The Morgan fingerprint density at radius 3 is 2.75 bits per heavy atom. The lowest BCUT2D eigenvalue weighted by molar-refractivity contribution is 0.0416. The summed E-state index contributed by atoms with van der Waals surface area (Å²) in [7, 11) is 0. The van der Waals surface area contributed by atoms with Gasteiger partial charge in [-0.2, -0.15) is 0 Å². The van der Waals surface area contributed by atoms with Gasteiger partial charge in [0.15, 0.2) is 0 Å². The van der Waals surface area contributed by atoms with Gasteiger partial charge < -0.3 is 15.3 Å². The molecule has 2 N–H and O–H groups in total. The molecule has 1 heterocycles. The minimum Gasteiger partial charge on any atom is -0.393 e. The molecule has 0 amide bonds. The summed E-state index contributed by atoms with van der Waals surface area (Å²) in [6, 6.07) is 0.717. The minimum atomic E-state index is -0.00323. The number of hydrogen-bond acceptors (Lipinski definition) is 3. The first kappa shape index (κ1) is 12.3. The van der Waals surface area contributed by atoms with Gasteiger partial charge in [0, 0.05) is 6.04 Å². The summed E-state index contributed by atoms with van der Waals surface area (Å²) >= 11 is 0. The van der Waals surface area contributed by atoms with Crippen molar-refractivity contribution >= 4 is 0 Å². The molecule has 0 aromatic heterocycles. The average molecular weight is 226 g/mol. The topological polar surface area (TPSA) is 35.5 Å². The number of hydrogen-bond donors (Lipinski definition) is 2. The van der Waals surface area contributed by atoms with Crippen LogP contribution in [0.5, 0.6) is 0 Å². The zero-order valence-corrected chi connectivity index (χ0v) is 10.5. The molecule has 2 fully saturated rings. The first-order chi connectivity index (χ1) is 7.78. The molecule has 2 rings (SSSR count). The van der Waals surface area contributed by atoms with Crippen LogP contribution < -0.4 is 5.32 Å². The quantitative estimate of drug-likeness (QED) is 0.756. The van der Waals surface area contributed by atoms with Crippen molar-refractivity contribution in [2.75, 3.05) is 26.2 Å². The molecule has 0 aromatic rings. The summed E-state index contributed by atoms with van der Waals surface area (Å²) in [5.74, 6) is 0.737. The Labute approximate surface area is 99.2 Å². The smallest absolute Gasteiger partial charge is 0.0546 e. The summed E-state index contributed by atoms with van der Waals surface area (Å²) < 4.78 is 0. The second-order valence-electron chi connectivity index (χ2n) is 5.46. The van der Waals surface area contributed by atoms with Gasteiger partial charge in [-0.3, -0.25) is 0 Å². The van der Waals surface area contributed by atoms with E-state index in [9.17, 15) is 5.11 Å². The molecule has 3 nitrogen and oxygen atoms in total. The van der Waals surface area contributed by atoms with E-state index in [2.05, 4.69) is 17.1 Å². The van der Waals surface area contributed by atoms with E-state index in [1.807, 2.05) is 0 Å². The van der Waals surface area contributed by atoms with E-state index in [4.69, 9.17) is 0 Å². The number of aliphatic hydroxyl groups excluding tert-OH is 1. The van der Waals surface area contributed by atoms with Crippen molar-refractivity contribution in [3.63, 3.8) is 0 Å². The van der Waals surface area contributed by atoms with E-state index in [0.29, 0.717) is 6.04 Å². The molecule has 0 radical (unpaired) electrons. The number of likely N-dealkylation sites (tertiary alicyclic amines) is 1. The zero-order chi connectivity index (χ0) is 11.4. The molecule has 0 spiro atoms. The van der Waals surface area contributed by atoms with Crippen LogP contribution in [0.2, 0.25) is 0 Å². The van der Waals surface area contributed by atoms with Crippen LogP contribution in [0.15, 0.2) is 0 Å². The van der Waals surface area contributed by atoms with Gasteiger partial charge in [0.1, 0.15) is 0 Å². The Kier molecular flexibility index (Phi) is 4.62. The first-order valence-corrected chi connectivity index (χ1v) is 6.91. The van der Waals surface area contributed by atoms with Crippen LogP contribution in [0.4, 0.5) is 0 Å². The van der Waals surface area contributed by atoms with Gasteiger partial charge in [0.05, 0.1) is 6.10 Å². The molecule has 1 aliphatic heterocycles. The lowest BCUT2D eigenvalue weighted by atomic mass is 9.82. The predicted octanol–water partition coefficient (Wildman–Crippen LogP) is 1.22. The minimum absolute atomic E-state index is 0.00323. The predicted molar refractivity (Wildman–Crippen MR) is 66.5 cm³/mol. The Morgan fingerprint density at radius 2 is 2.06 bits per heavy atom. The van der Waals surface area contributed by atoms with Crippen LogP contribution in [0.1, 0.15) is 39.0 Å². The Morgan fingerprint density at radius 1 is 1.25 bits per heavy atom. The molecule has 1 saturated heterocycles. The normalized spacial score (nSPS) is 36.8. The van der Waals surface area contributed by atoms with Gasteiger partial charge in [0.2, 0.25) is 0 Å². The van der Waals surface area contributed by atoms with E-state index in [1.54, 1.807) is 0 Å². The Hall–Kier alpha value is -0.120. The average Bonchev–Trinajstić information content (AvgIpc) is 2.47. The van der Waals surface area contributed by atoms with Crippen molar-refractivity contribution in [1.82, 2.24) is 10.2 Å². The third kappa shape index (κ3) is 3.44. The molecule has 1 saturated carbocycles. The van der Waals surface area contributed by atoms with Crippen molar-refractivity contribution in [2.45, 2.75) is 51.2 Å². The van der Waals surface area contributed by atoms with Crippen LogP contribution in [0.25, 0.3) is 0 Å². The van der Waals surface area contributed by atoms with Crippen LogP contribution in [0.3, 0.4) is 0 Å². The van der Waals surface area contributed by atoms with Gasteiger partial charge in [-0.25, -0.2) is 0 Å². The summed E-state index contributed by atoms with van der Waals surface area (Å²) in [4.78, 5) is 2.55. The molecule has 0 aromatic carbocycles. The van der Waals surface area contributed by atoms with Gasteiger partial charge in [0.25, 0.3) is 0 Å². The summed E-state index contributed by atoms with van der Waals surface area (Å²) in [6.45, 7) is 7.09. The summed E-state index contributed by atoms with van der Waals surface area (Å²) in [5.41, 5.74) is 0. The molecular weight excluding hydrogens is 200 g/mol. The first-order valence-electron chi connectivity index (χ1n) is 6.91. The number of nitrogens with one attached hydrogen (secondary N) is 1. The fraction of sp³-hybridized carbons (Fsp3) is 1.00. The fourth-order valence-electron chi connectivity index (χ4n) is 2.88. The lowest BCUT2D eigenvalue weighted by Crippen LogP contribution is -2.40. The fourth-order valence-corrected chi connectivity index (χ4v) is 2.88. The second-order valence-corrected chi connectivity index (χ2v) is 5.46. The van der Waals surface area contributed by atoms with E-state index in [0.717, 1.165) is 25.3 Å². The molecule has 1 atom stereocenters. The highest BCUT2D eigenvalue weighted by atomic mass is 16.3. The molecular formula is C13H26N2O. The van der Waals surface area contributed by atoms with Crippen molar-refractivity contribution in [2.24, 2.45) is 5.92 Å². The maximum absolute atomic E-state index is 9.23. The standard InChI is InChI=1S/C13H26N2O/c1-2-15-6-3-4-12(5-7-15)14-10-11-8-13(16)9-11/h11-14,16H,2-10H2,1H3. The number of rotatable bonds is 4. The van der Waals surface area contributed by atoms with Crippen molar-refractivity contribution in [3.05, 3.63) is 0 Å². The molecule has 1 aliphatic carbocycles. The van der Waals surface area contributed by atoms with Gasteiger partial charge in [-0.05, 0) is 64.2 Å². The van der Waals surface area contributed by atoms with Gasteiger partial charge >= 0.3 is 0 Å². The lowest BCUT2D eigenvalue weighted by Gasteiger charge is -2.32. The maximum atomic E-state index is 9.23. The highest BCUT2D eigenvalue weighted by molar-refractivity contribution is 4.82. The second kappa shape index (κ2) is 5.99. The SMILES string of the molecule is CCN1CCCC(NCC2CC(O)C2)CC1. The Balaban J connectivity index is 1.62. The van der Waals surface area contributed by atoms with Crippen LogP contribution in [-0.4, -0.2) is 48.3 Å². The van der Waals surface area contributed by atoms with Crippen molar-refractivity contribution in [1.29, 1.82) is 0 Å². The summed E-state index contributed by atoms with van der Waals surface area (Å²) in [5, 5.41) is 12.9. The van der Waals surface area contributed by atoms with E-state index >= 15 is 0 Å². The Bertz CT molecular complexity index is 204. The van der Waals surface area contributed by atoms with Crippen LogP contribution in [0, 0.1) is 5.92 Å². The van der Waals surface area contributed by atoms with E-state index in [1.165, 1.54) is 38.9 Å². The highest BCUT2D eigenvalue weighted by Gasteiger charge is 2.27. The highest BCUT2D eigenvalue weighted by Crippen LogP contribution is 2.26. The molecule has 94 valence electrons. The van der Waals surface area contributed by atoms with Crippen molar-refractivity contribution in [3.8, 4) is 0 Å². The molecule has 1 unspecified atom stereocenters. The third-order valence-electron chi connectivity index (χ3n) is 4.17. The maximum Gasteiger partial charge on any atom is 0.0546 e. The number of aliphatic hydroxyl groups is 1. The van der Waals surface area contributed by atoms with Gasteiger partial charge in [-0.15, -0.1) is 0 Å². The molecule has 16 heavy (non-hydrogen) atoms. The monoisotopic (exact) mass is 226 g/mol. The van der Waals surface area contributed by atoms with Gasteiger partial charge in [-0.1, -0.05) is 6.92 Å². The summed E-state index contributed by atoms with van der Waals surface area (Å²) in [6.07, 6.45) is 5.98. The van der Waals surface area contributed by atoms with Crippen LogP contribution in [-0.2, 0) is 0 Å². The van der Waals surface area contributed by atoms with Crippen LogP contribution >= 0.6 is 0 Å².